The van der Waals surface area contributed by atoms with Crippen LogP contribution in [0.3, 0.4) is 0 Å². The highest BCUT2D eigenvalue weighted by atomic mass is 32.2. The van der Waals surface area contributed by atoms with Crippen LogP contribution in [0.2, 0.25) is 0 Å². The van der Waals surface area contributed by atoms with Crippen LogP contribution in [0.4, 0.5) is 11.4 Å². The van der Waals surface area contributed by atoms with Crippen molar-refractivity contribution in [1.29, 1.82) is 0 Å². The molecule has 2 rings (SSSR count). The molecule has 26 heavy (non-hydrogen) atoms. The fourth-order valence-corrected chi connectivity index (χ4v) is 3.80. The summed E-state index contributed by atoms with van der Waals surface area (Å²) < 4.78 is 33.2. The summed E-state index contributed by atoms with van der Waals surface area (Å²) in [4.78, 5) is 0.191. The molecule has 0 aliphatic carbocycles. The third-order valence-electron chi connectivity index (χ3n) is 3.61. The number of methoxy groups -OCH3 is 1. The quantitative estimate of drug-likeness (QED) is 0.625. The summed E-state index contributed by atoms with van der Waals surface area (Å²) in [5.41, 5.74) is 1.71. The molecule has 0 unspecified atom stereocenters. The molecule has 0 radical (unpaired) electrons. The van der Waals surface area contributed by atoms with E-state index in [0.717, 1.165) is 13.0 Å². The Hall–Kier alpha value is -2.32. The van der Waals surface area contributed by atoms with Crippen LogP contribution in [-0.2, 0) is 10.0 Å². The number of rotatable bonds is 7. The number of hydrogen-bond acceptors (Lipinski definition) is 4. The van der Waals surface area contributed by atoms with E-state index in [1.54, 1.807) is 56.5 Å². The standard InChI is InChI=1S/C18H23N3O3S2/c1-4-11-19-18(25)20-15-6-5-13(2)17(12-15)26(22,23)21-14-7-9-16(24-3)10-8-14/h5-10,12,21H,4,11H2,1-3H3,(H2,19,20,25). The average molecular weight is 394 g/mol. The molecule has 0 amide bonds. The van der Waals surface area contributed by atoms with E-state index in [1.807, 2.05) is 6.92 Å². The topological polar surface area (TPSA) is 79.5 Å². The van der Waals surface area contributed by atoms with E-state index in [0.29, 0.717) is 27.8 Å². The molecule has 0 aliphatic heterocycles. The van der Waals surface area contributed by atoms with Crippen molar-refractivity contribution in [3.05, 3.63) is 48.0 Å². The number of benzene rings is 2. The Bertz CT molecular complexity index is 866. The number of aryl methyl sites for hydroxylation is 1. The second-order valence-corrected chi connectivity index (χ2v) is 7.75. The van der Waals surface area contributed by atoms with Crippen molar-refractivity contribution >= 4 is 38.7 Å². The fourth-order valence-electron chi connectivity index (χ4n) is 2.25. The smallest absolute Gasteiger partial charge is 0.262 e. The van der Waals surface area contributed by atoms with Gasteiger partial charge in [0.1, 0.15) is 5.75 Å². The zero-order chi connectivity index (χ0) is 19.2. The third kappa shape index (κ3) is 5.34. The van der Waals surface area contributed by atoms with E-state index < -0.39 is 10.0 Å². The summed E-state index contributed by atoms with van der Waals surface area (Å²) in [5.74, 6) is 0.656. The largest absolute Gasteiger partial charge is 0.497 e. The van der Waals surface area contributed by atoms with Gasteiger partial charge in [-0.2, -0.15) is 0 Å². The Morgan fingerprint density at radius 2 is 1.77 bits per heavy atom. The summed E-state index contributed by atoms with van der Waals surface area (Å²) in [6.45, 7) is 4.54. The van der Waals surface area contributed by atoms with E-state index >= 15 is 0 Å². The number of nitrogens with one attached hydrogen (secondary N) is 3. The first kappa shape index (κ1) is 20.0. The Morgan fingerprint density at radius 1 is 1.12 bits per heavy atom. The molecule has 0 atom stereocenters. The van der Waals surface area contributed by atoms with Crippen LogP contribution in [-0.4, -0.2) is 27.2 Å². The molecule has 8 heteroatoms. The highest BCUT2D eigenvalue weighted by molar-refractivity contribution is 7.92. The molecule has 0 heterocycles. The van der Waals surface area contributed by atoms with Crippen molar-refractivity contribution < 1.29 is 13.2 Å². The zero-order valence-electron chi connectivity index (χ0n) is 15.0. The van der Waals surface area contributed by atoms with Crippen molar-refractivity contribution in [2.45, 2.75) is 25.2 Å². The summed E-state index contributed by atoms with van der Waals surface area (Å²) in [6.07, 6.45) is 0.946. The van der Waals surface area contributed by atoms with E-state index in [-0.39, 0.29) is 4.90 Å². The summed E-state index contributed by atoms with van der Waals surface area (Å²) >= 11 is 5.20. The van der Waals surface area contributed by atoms with Crippen molar-refractivity contribution in [1.82, 2.24) is 5.32 Å². The summed E-state index contributed by atoms with van der Waals surface area (Å²) in [6, 6.07) is 11.8. The van der Waals surface area contributed by atoms with E-state index in [1.165, 1.54) is 0 Å². The van der Waals surface area contributed by atoms with E-state index in [9.17, 15) is 8.42 Å². The summed E-state index contributed by atoms with van der Waals surface area (Å²) in [7, 11) is -2.18. The van der Waals surface area contributed by atoms with Gasteiger partial charge in [-0.15, -0.1) is 0 Å². The van der Waals surface area contributed by atoms with E-state index in [4.69, 9.17) is 17.0 Å². The molecule has 140 valence electrons. The van der Waals surface area contributed by atoms with Crippen molar-refractivity contribution in [3.8, 4) is 5.75 Å². The molecule has 0 spiro atoms. The molecule has 0 bridgehead atoms. The molecular formula is C18H23N3O3S2. The molecule has 0 aromatic heterocycles. The molecule has 6 nitrogen and oxygen atoms in total. The number of anilines is 2. The number of ether oxygens (including phenoxy) is 1. The Morgan fingerprint density at radius 3 is 2.38 bits per heavy atom. The Kier molecular flexibility index (Phi) is 6.82. The lowest BCUT2D eigenvalue weighted by Gasteiger charge is -2.14. The first-order valence-corrected chi connectivity index (χ1v) is 10.1. The van der Waals surface area contributed by atoms with E-state index in [2.05, 4.69) is 15.4 Å². The van der Waals surface area contributed by atoms with Gasteiger partial charge in [0.25, 0.3) is 10.0 Å². The lowest BCUT2D eigenvalue weighted by atomic mass is 10.2. The minimum absolute atomic E-state index is 0.191. The molecule has 0 saturated carbocycles. The maximum atomic E-state index is 12.8. The van der Waals surface area contributed by atoms with Gasteiger partial charge in [-0.3, -0.25) is 4.72 Å². The summed E-state index contributed by atoms with van der Waals surface area (Å²) in [5, 5.41) is 6.51. The maximum absolute atomic E-state index is 12.8. The highest BCUT2D eigenvalue weighted by Crippen LogP contribution is 2.24. The Balaban J connectivity index is 2.21. The van der Waals surface area contributed by atoms with Crippen LogP contribution >= 0.6 is 12.2 Å². The molecule has 2 aromatic carbocycles. The second kappa shape index (κ2) is 8.86. The third-order valence-corrected chi connectivity index (χ3v) is 5.38. The molecule has 0 aliphatic rings. The van der Waals surface area contributed by atoms with Gasteiger partial charge in [0.05, 0.1) is 12.0 Å². The van der Waals surface area contributed by atoms with Gasteiger partial charge in [-0.25, -0.2) is 8.42 Å². The molecule has 0 saturated heterocycles. The minimum Gasteiger partial charge on any atom is -0.497 e. The highest BCUT2D eigenvalue weighted by Gasteiger charge is 2.18. The van der Waals surface area contributed by atoms with Gasteiger partial charge in [0, 0.05) is 17.9 Å². The Labute approximate surface area is 160 Å². The number of sulfonamides is 1. The van der Waals surface area contributed by atoms with Gasteiger partial charge >= 0.3 is 0 Å². The number of hydrogen-bond donors (Lipinski definition) is 3. The SMILES string of the molecule is CCCNC(=S)Nc1ccc(C)c(S(=O)(=O)Nc2ccc(OC)cc2)c1. The predicted octanol–water partition coefficient (Wildman–Crippen LogP) is 3.50. The van der Waals surface area contributed by atoms with Gasteiger partial charge in [-0.05, 0) is 67.5 Å². The monoisotopic (exact) mass is 393 g/mol. The van der Waals surface area contributed by atoms with Gasteiger partial charge in [0.15, 0.2) is 5.11 Å². The first-order chi connectivity index (χ1) is 12.4. The lowest BCUT2D eigenvalue weighted by molar-refractivity contribution is 0.415. The van der Waals surface area contributed by atoms with Gasteiger partial charge < -0.3 is 15.4 Å². The zero-order valence-corrected chi connectivity index (χ0v) is 16.6. The first-order valence-electron chi connectivity index (χ1n) is 8.18. The normalized spacial score (nSPS) is 10.9. The molecule has 0 fully saturated rings. The van der Waals surface area contributed by atoms with Gasteiger partial charge in [0.2, 0.25) is 0 Å². The van der Waals surface area contributed by atoms with Crippen LogP contribution in [0.1, 0.15) is 18.9 Å². The molecule has 2 aromatic rings. The number of thiocarbonyl (C=S) groups is 1. The van der Waals surface area contributed by atoms with Crippen LogP contribution in [0, 0.1) is 6.92 Å². The van der Waals surface area contributed by atoms with Crippen LogP contribution < -0.4 is 20.1 Å². The van der Waals surface area contributed by atoms with Crippen LogP contribution in [0.25, 0.3) is 0 Å². The van der Waals surface area contributed by atoms with Gasteiger partial charge in [-0.1, -0.05) is 13.0 Å². The maximum Gasteiger partial charge on any atom is 0.262 e. The molecule has 3 N–H and O–H groups in total. The van der Waals surface area contributed by atoms with Crippen molar-refractivity contribution in [2.75, 3.05) is 23.7 Å². The van der Waals surface area contributed by atoms with Crippen LogP contribution in [0.5, 0.6) is 5.75 Å². The fraction of sp³-hybridized carbons (Fsp3) is 0.278. The van der Waals surface area contributed by atoms with Crippen molar-refractivity contribution in [2.24, 2.45) is 0 Å². The van der Waals surface area contributed by atoms with Crippen LogP contribution in [0.15, 0.2) is 47.4 Å². The minimum atomic E-state index is -3.73. The second-order valence-electron chi connectivity index (χ2n) is 5.70. The lowest BCUT2D eigenvalue weighted by Crippen LogP contribution is -2.29. The van der Waals surface area contributed by atoms with Crippen molar-refractivity contribution in [3.63, 3.8) is 0 Å². The molecular weight excluding hydrogens is 370 g/mol. The average Bonchev–Trinajstić information content (AvgIpc) is 2.61. The predicted molar refractivity (Wildman–Crippen MR) is 109 cm³/mol.